The number of aliphatic hydroxyl groups excluding tert-OH is 3. The summed E-state index contributed by atoms with van der Waals surface area (Å²) < 4.78 is 59.2. The lowest BCUT2D eigenvalue weighted by Gasteiger charge is -2.41. The van der Waals surface area contributed by atoms with Crippen LogP contribution in [0.4, 0.5) is 0 Å². The Kier molecular flexibility index (Phi) is 40.8. The smallest absolute Gasteiger partial charge is 0.397 e. The molecule has 4 N–H and O–H groups in total. The van der Waals surface area contributed by atoms with Crippen molar-refractivity contribution < 1.29 is 56.2 Å². The van der Waals surface area contributed by atoms with Crippen molar-refractivity contribution >= 4 is 16.4 Å². The van der Waals surface area contributed by atoms with E-state index < -0.39 is 59.8 Å². The molecule has 1 saturated heterocycles. The molecule has 66 heavy (non-hydrogen) atoms. The number of allylic oxidation sites excluding steroid dienone is 12. The summed E-state index contributed by atoms with van der Waals surface area (Å²) in [6.07, 6.45) is 47.8. The van der Waals surface area contributed by atoms with Gasteiger partial charge in [-0.15, -0.1) is 0 Å². The van der Waals surface area contributed by atoms with E-state index in [0.717, 1.165) is 96.3 Å². The van der Waals surface area contributed by atoms with Crippen LogP contribution in [0.5, 0.6) is 0 Å². The van der Waals surface area contributed by atoms with Gasteiger partial charge >= 0.3 is 16.4 Å². The molecule has 0 spiro atoms. The van der Waals surface area contributed by atoms with E-state index in [1.807, 2.05) is 0 Å². The molecular weight excluding hydrogens is 861 g/mol. The summed E-state index contributed by atoms with van der Waals surface area (Å²) in [4.78, 5) is 12.9. The second-order valence-electron chi connectivity index (χ2n) is 17.4. The normalized spacial score (nSPS) is 20.1. The van der Waals surface area contributed by atoms with E-state index in [9.17, 15) is 33.1 Å². The molecule has 13 heteroatoms. The van der Waals surface area contributed by atoms with Crippen molar-refractivity contribution in [2.24, 2.45) is 0 Å². The van der Waals surface area contributed by atoms with E-state index in [1.165, 1.54) is 70.6 Å². The number of carbonyl (C=O) groups excluding carboxylic acids is 1. The van der Waals surface area contributed by atoms with E-state index in [2.05, 4.69) is 90.9 Å². The Morgan fingerprint density at radius 2 is 1.05 bits per heavy atom. The maximum Gasteiger partial charge on any atom is 0.397 e. The summed E-state index contributed by atoms with van der Waals surface area (Å²) in [6, 6.07) is 0. The van der Waals surface area contributed by atoms with Crippen molar-refractivity contribution in [1.29, 1.82) is 0 Å². The third-order valence-electron chi connectivity index (χ3n) is 11.3. The van der Waals surface area contributed by atoms with Crippen molar-refractivity contribution in [3.8, 4) is 0 Å². The van der Waals surface area contributed by atoms with Gasteiger partial charge in [0.05, 0.1) is 19.8 Å². The van der Waals surface area contributed by atoms with Crippen molar-refractivity contribution in [3.05, 3.63) is 72.9 Å². The second-order valence-corrected chi connectivity index (χ2v) is 18.4. The summed E-state index contributed by atoms with van der Waals surface area (Å²) in [5.41, 5.74) is 0. The summed E-state index contributed by atoms with van der Waals surface area (Å²) in [7, 11) is -5.07. The first-order valence-corrected chi connectivity index (χ1v) is 27.1. The molecule has 6 unspecified atom stereocenters. The van der Waals surface area contributed by atoms with Gasteiger partial charge in [-0.25, -0.2) is 4.18 Å². The molecule has 1 aliphatic rings. The molecule has 6 atom stereocenters. The number of hydrogen-bond acceptors (Lipinski definition) is 11. The highest BCUT2D eigenvalue weighted by molar-refractivity contribution is 7.80. The van der Waals surface area contributed by atoms with Gasteiger partial charge in [0.25, 0.3) is 0 Å². The predicted octanol–water partition coefficient (Wildman–Crippen LogP) is 11.9. The molecule has 0 radical (unpaired) electrons. The van der Waals surface area contributed by atoms with E-state index in [1.54, 1.807) is 0 Å². The zero-order valence-corrected chi connectivity index (χ0v) is 41.8. The molecule has 12 nitrogen and oxygen atoms in total. The van der Waals surface area contributed by atoms with Gasteiger partial charge in [0, 0.05) is 13.0 Å². The molecular formula is C53H92O12S. The third-order valence-corrected chi connectivity index (χ3v) is 11.8. The number of carbonyl (C=O) groups is 1. The Hall–Kier alpha value is -2.46. The molecule has 0 aromatic carbocycles. The molecule has 382 valence electrons. The van der Waals surface area contributed by atoms with Crippen LogP contribution in [-0.4, -0.2) is 97.5 Å². The van der Waals surface area contributed by atoms with Crippen molar-refractivity contribution in [3.63, 3.8) is 0 Å². The van der Waals surface area contributed by atoms with Gasteiger partial charge in [-0.3, -0.25) is 9.35 Å². The van der Waals surface area contributed by atoms with Gasteiger partial charge in [-0.05, 0) is 83.5 Å². The minimum Gasteiger partial charge on any atom is -0.457 e. The highest BCUT2D eigenvalue weighted by Crippen LogP contribution is 2.26. The summed E-state index contributed by atoms with van der Waals surface area (Å²) >= 11 is 0. The number of ether oxygens (including phenoxy) is 4. The van der Waals surface area contributed by atoms with Crippen LogP contribution in [0.3, 0.4) is 0 Å². The lowest BCUT2D eigenvalue weighted by Crippen LogP contribution is -2.60. The van der Waals surface area contributed by atoms with Crippen LogP contribution in [0.1, 0.15) is 194 Å². The minimum absolute atomic E-state index is 0.0215. The lowest BCUT2D eigenvalue weighted by molar-refractivity contribution is -0.301. The molecule has 1 heterocycles. The topological polar surface area (TPSA) is 178 Å². The monoisotopic (exact) mass is 953 g/mol. The third kappa shape index (κ3) is 36.6. The largest absolute Gasteiger partial charge is 0.457 e. The number of aliphatic hydroxyl groups is 3. The van der Waals surface area contributed by atoms with Crippen molar-refractivity contribution in [1.82, 2.24) is 0 Å². The average molecular weight is 953 g/mol. The molecule has 0 aromatic heterocycles. The molecule has 0 saturated carbocycles. The number of unbranched alkanes of at least 4 members (excludes halogenated alkanes) is 19. The predicted molar refractivity (Wildman–Crippen MR) is 266 cm³/mol. The number of rotatable bonds is 44. The Labute approximate surface area is 401 Å². The first kappa shape index (κ1) is 61.6. The fourth-order valence-electron chi connectivity index (χ4n) is 7.46. The Bertz CT molecular complexity index is 1420. The molecule has 0 bridgehead atoms. The quantitative estimate of drug-likeness (QED) is 0.0197. The van der Waals surface area contributed by atoms with Crippen LogP contribution in [-0.2, 0) is 38.3 Å². The molecule has 1 aliphatic heterocycles. The van der Waals surface area contributed by atoms with Crippen molar-refractivity contribution in [2.75, 3.05) is 26.4 Å². The maximum absolute atomic E-state index is 12.9. The lowest BCUT2D eigenvalue weighted by atomic mass is 9.99. The first-order valence-electron chi connectivity index (χ1n) is 25.7. The maximum atomic E-state index is 12.9. The van der Waals surface area contributed by atoms with Crippen LogP contribution in [0.15, 0.2) is 72.9 Å². The SMILES string of the molecule is CC/C=C\C/C=C\C/C=C\CCCCCCCCCC(=O)OC(COCCCCCCCCC/C=C\C/C=C\C/C=C\CCCCCCC)COC1OC(CO)C(O)C(OS(=O)(=O)O)C1O. The van der Waals surface area contributed by atoms with Gasteiger partial charge in [0.2, 0.25) is 0 Å². The van der Waals surface area contributed by atoms with Crippen LogP contribution < -0.4 is 0 Å². The highest BCUT2D eigenvalue weighted by atomic mass is 32.3. The number of hydrogen-bond donors (Lipinski definition) is 4. The molecule has 1 fully saturated rings. The summed E-state index contributed by atoms with van der Waals surface area (Å²) in [6.45, 7) is 3.83. The highest BCUT2D eigenvalue weighted by Gasteiger charge is 2.48. The molecule has 0 aliphatic carbocycles. The van der Waals surface area contributed by atoms with Crippen LogP contribution in [0.2, 0.25) is 0 Å². The van der Waals surface area contributed by atoms with E-state index in [0.29, 0.717) is 13.0 Å². The second kappa shape index (κ2) is 43.8. The zero-order chi connectivity index (χ0) is 48.2. The van der Waals surface area contributed by atoms with E-state index in [4.69, 9.17) is 18.9 Å². The van der Waals surface area contributed by atoms with Gasteiger partial charge in [0.1, 0.15) is 30.5 Å². The average Bonchev–Trinajstić information content (AvgIpc) is 3.29. The molecule has 0 amide bonds. The van der Waals surface area contributed by atoms with Crippen molar-refractivity contribution in [2.45, 2.75) is 230 Å². The summed E-state index contributed by atoms with van der Waals surface area (Å²) in [5, 5.41) is 30.8. The zero-order valence-electron chi connectivity index (χ0n) is 41.0. The Morgan fingerprint density at radius 1 is 0.591 bits per heavy atom. The fourth-order valence-corrected chi connectivity index (χ4v) is 7.97. The summed E-state index contributed by atoms with van der Waals surface area (Å²) in [5.74, 6) is -0.415. The minimum atomic E-state index is -5.07. The Balaban J connectivity index is 2.38. The van der Waals surface area contributed by atoms with Gasteiger partial charge < -0.3 is 34.3 Å². The van der Waals surface area contributed by atoms with Crippen LogP contribution in [0, 0.1) is 0 Å². The fraction of sp³-hybridized carbons (Fsp3) is 0.755. The first-order chi connectivity index (χ1) is 32.1. The van der Waals surface area contributed by atoms with Gasteiger partial charge in [-0.2, -0.15) is 8.42 Å². The number of esters is 1. The van der Waals surface area contributed by atoms with E-state index in [-0.39, 0.29) is 19.6 Å². The van der Waals surface area contributed by atoms with Crippen LogP contribution >= 0.6 is 0 Å². The molecule has 0 aromatic rings. The van der Waals surface area contributed by atoms with Gasteiger partial charge in [0.15, 0.2) is 6.29 Å². The molecule has 1 rings (SSSR count). The Morgan fingerprint density at radius 3 is 1.53 bits per heavy atom. The standard InChI is InChI=1S/C53H92O12S/c1-3-5-7-9-11-13-15-17-19-21-22-23-24-25-27-29-31-33-35-37-39-41-43-61-45-47(46-62-53-51(57)52(65-66(58,59)60)50(56)48(44-54)64-53)63-49(55)42-40-38-36-34-32-30-28-26-20-18-16-14-12-10-8-6-4-2/h6,8,12,14-15,17-18,20-22,24-25,47-48,50-54,56-57H,3-5,7,9-11,13,16,19,23,26-46H2,1-2H3,(H,58,59,60)/b8-6-,14-12-,17-15-,20-18-,22-21-,25-24-. The van der Waals surface area contributed by atoms with Gasteiger partial charge in [-0.1, -0.05) is 177 Å². The van der Waals surface area contributed by atoms with E-state index >= 15 is 0 Å². The van der Waals surface area contributed by atoms with Crippen LogP contribution in [0.25, 0.3) is 0 Å².